The highest BCUT2D eigenvalue weighted by Crippen LogP contribution is 2.55. The fourth-order valence-corrected chi connectivity index (χ4v) is 7.01. The van der Waals surface area contributed by atoms with E-state index in [1.807, 2.05) is 0 Å². The number of benzene rings is 1. The summed E-state index contributed by atoms with van der Waals surface area (Å²) in [4.78, 5) is 30.5. The Labute approximate surface area is 222 Å². The molecular formula is C25H29F2N5O5S. The van der Waals surface area contributed by atoms with E-state index in [0.29, 0.717) is 5.01 Å². The fourth-order valence-electron chi connectivity index (χ4n) is 6.31. The number of hydrogen-bond acceptors (Lipinski definition) is 9. The van der Waals surface area contributed by atoms with Gasteiger partial charge in [0.15, 0.2) is 16.6 Å². The van der Waals surface area contributed by atoms with Gasteiger partial charge in [0, 0.05) is 13.1 Å². The Morgan fingerprint density at radius 3 is 2.61 bits per heavy atom. The molecule has 2 saturated heterocycles. The van der Waals surface area contributed by atoms with Crippen molar-refractivity contribution in [1.29, 1.82) is 0 Å². The van der Waals surface area contributed by atoms with Crippen LogP contribution in [-0.2, 0) is 16.0 Å². The molecule has 1 aromatic carbocycles. The highest BCUT2D eigenvalue weighted by atomic mass is 32.1. The van der Waals surface area contributed by atoms with Crippen molar-refractivity contribution < 1.29 is 33.3 Å². The number of halogens is 2. The summed E-state index contributed by atoms with van der Waals surface area (Å²) >= 11 is 1.09. The van der Waals surface area contributed by atoms with E-state index in [0.717, 1.165) is 21.1 Å². The molecule has 0 bridgehead atoms. The van der Waals surface area contributed by atoms with Gasteiger partial charge in [-0.05, 0) is 45.7 Å². The van der Waals surface area contributed by atoms with E-state index in [4.69, 9.17) is 4.74 Å². The lowest BCUT2D eigenvalue weighted by molar-refractivity contribution is -0.198. The number of aromatic nitrogens is 2. The predicted octanol–water partition coefficient (Wildman–Crippen LogP) is 2.42. The van der Waals surface area contributed by atoms with E-state index in [-0.39, 0.29) is 41.3 Å². The number of rotatable bonds is 4. The zero-order valence-corrected chi connectivity index (χ0v) is 22.3. The Morgan fingerprint density at radius 1 is 1.32 bits per heavy atom. The van der Waals surface area contributed by atoms with Crippen LogP contribution in [0.2, 0.25) is 0 Å². The summed E-state index contributed by atoms with van der Waals surface area (Å²) < 4.78 is 37.8. The monoisotopic (exact) mass is 549 g/mol. The third kappa shape index (κ3) is 3.45. The van der Waals surface area contributed by atoms with Crippen LogP contribution in [0.5, 0.6) is 0 Å². The van der Waals surface area contributed by atoms with Gasteiger partial charge in [-0.25, -0.2) is 13.6 Å². The van der Waals surface area contributed by atoms with E-state index in [1.54, 1.807) is 32.6 Å². The number of anilines is 1. The second-order valence-corrected chi connectivity index (χ2v) is 11.3. The molecule has 13 heteroatoms. The van der Waals surface area contributed by atoms with Gasteiger partial charge in [-0.2, -0.15) is 0 Å². The first-order valence-electron chi connectivity index (χ1n) is 12.3. The second-order valence-electron chi connectivity index (χ2n) is 10.1. The van der Waals surface area contributed by atoms with Crippen LogP contribution < -0.4 is 4.90 Å². The molecule has 1 aromatic heterocycles. The van der Waals surface area contributed by atoms with Crippen LogP contribution in [0.3, 0.4) is 0 Å². The molecule has 2 aromatic rings. The molecule has 3 aliphatic heterocycles. The Hall–Kier alpha value is -3.00. The summed E-state index contributed by atoms with van der Waals surface area (Å²) in [5, 5.41) is 30.3. The van der Waals surface area contributed by atoms with Gasteiger partial charge in [-0.15, -0.1) is 16.8 Å². The molecule has 3 unspecified atom stereocenters. The van der Waals surface area contributed by atoms with Crippen molar-refractivity contribution in [2.75, 3.05) is 24.7 Å². The van der Waals surface area contributed by atoms with E-state index < -0.39 is 59.7 Å². The molecule has 0 saturated carbocycles. The van der Waals surface area contributed by atoms with Gasteiger partial charge in [0.05, 0.1) is 23.4 Å². The van der Waals surface area contributed by atoms with Gasteiger partial charge in [-0.1, -0.05) is 17.4 Å². The van der Waals surface area contributed by atoms with Crippen molar-refractivity contribution in [3.8, 4) is 10.6 Å². The van der Waals surface area contributed by atoms with E-state index in [1.165, 1.54) is 12.1 Å². The maximum Gasteiger partial charge on any atom is 0.330 e. The molecule has 5 atom stereocenters. The molecule has 10 nitrogen and oxygen atoms in total. The van der Waals surface area contributed by atoms with Gasteiger partial charge < -0.3 is 19.8 Å². The van der Waals surface area contributed by atoms with Crippen LogP contribution in [0.25, 0.3) is 10.6 Å². The Morgan fingerprint density at radius 2 is 2.03 bits per heavy atom. The summed E-state index contributed by atoms with van der Waals surface area (Å²) in [6.45, 7) is 9.76. The number of carbonyl (C=O) groups is 2. The predicted molar refractivity (Wildman–Crippen MR) is 134 cm³/mol. The number of aliphatic hydroxyl groups is 2. The number of urea groups is 1. The van der Waals surface area contributed by atoms with E-state index >= 15 is 8.78 Å². The van der Waals surface area contributed by atoms with Crippen molar-refractivity contribution >= 4 is 29.0 Å². The molecule has 38 heavy (non-hydrogen) atoms. The average molecular weight is 550 g/mol. The lowest BCUT2D eigenvalue weighted by atomic mass is 9.61. The zero-order valence-electron chi connectivity index (χ0n) is 21.4. The molecule has 3 aliphatic rings. The molecule has 0 radical (unpaired) electrons. The lowest BCUT2D eigenvalue weighted by Crippen LogP contribution is -2.79. The number of carbonyl (C=O) groups excluding carboxylic acids is 2. The molecular weight excluding hydrogens is 520 g/mol. The number of imide groups is 1. The first-order valence-corrected chi connectivity index (χ1v) is 13.1. The van der Waals surface area contributed by atoms with Crippen LogP contribution in [0.1, 0.15) is 31.3 Å². The van der Waals surface area contributed by atoms with Gasteiger partial charge in [-0.3, -0.25) is 14.6 Å². The van der Waals surface area contributed by atoms with Crippen molar-refractivity contribution in [1.82, 2.24) is 20.0 Å². The highest BCUT2D eigenvalue weighted by Gasteiger charge is 2.69. The maximum atomic E-state index is 16.0. The van der Waals surface area contributed by atoms with Gasteiger partial charge in [0.2, 0.25) is 5.91 Å². The van der Waals surface area contributed by atoms with Gasteiger partial charge in [0.25, 0.3) is 0 Å². The largest absolute Gasteiger partial charge is 0.376 e. The summed E-state index contributed by atoms with van der Waals surface area (Å²) in [6, 6.07) is -0.526. The molecule has 0 aliphatic carbocycles. The SMILES string of the molecule is C=CC1(C)O[C@H](C)CN2c3c(cc(-c4nnc(C)s4)c(F)c3F)CC3(C(=O)N(CC)C(=O)N(CO)C3O)[C@H]21. The molecule has 2 fully saturated rings. The third-order valence-electron chi connectivity index (χ3n) is 7.79. The van der Waals surface area contributed by atoms with Crippen molar-refractivity contribution in [3.63, 3.8) is 0 Å². The number of hydrogen-bond donors (Lipinski definition) is 2. The molecule has 1 spiro atoms. The minimum absolute atomic E-state index is 0.0304. The van der Waals surface area contributed by atoms with E-state index in [9.17, 15) is 19.8 Å². The minimum atomic E-state index is -1.82. The van der Waals surface area contributed by atoms with Crippen LogP contribution in [0, 0.1) is 24.0 Å². The minimum Gasteiger partial charge on any atom is -0.376 e. The number of ether oxygens (including phenoxy) is 1. The van der Waals surface area contributed by atoms with Gasteiger partial charge in [0.1, 0.15) is 29.0 Å². The molecule has 3 amide bonds. The quantitative estimate of drug-likeness (QED) is 0.559. The van der Waals surface area contributed by atoms with Crippen molar-refractivity contribution in [2.45, 2.75) is 58.1 Å². The third-order valence-corrected chi connectivity index (χ3v) is 8.66. The van der Waals surface area contributed by atoms with E-state index in [2.05, 4.69) is 16.8 Å². The molecule has 5 rings (SSSR count). The summed E-state index contributed by atoms with van der Waals surface area (Å²) in [5.74, 6) is -2.93. The fraction of sp³-hybridized carbons (Fsp3) is 0.520. The standard InChI is InChI=1S/C25H29F2N5O5S/c1-6-24(5)20-25(21(34)30(7-2)23(36)32(11-33)22(25)35)9-14-8-15(19-29-28-13(4)38-19)16(26)17(27)18(14)31(20)10-12(3)37-24/h6,8,12,20,22,33,35H,1,7,9-11H2,2-5H3/t12-,20-,22?,24?,25?/m1/s1. The van der Waals surface area contributed by atoms with Gasteiger partial charge >= 0.3 is 6.03 Å². The molecule has 204 valence electrons. The van der Waals surface area contributed by atoms with Crippen LogP contribution >= 0.6 is 11.3 Å². The maximum absolute atomic E-state index is 16.0. The Bertz CT molecular complexity index is 1340. The Balaban J connectivity index is 1.83. The Kier molecular flexibility index (Phi) is 6.33. The summed E-state index contributed by atoms with van der Waals surface area (Å²) in [5.41, 5.74) is -3.07. The van der Waals surface area contributed by atoms with Crippen molar-refractivity contribution in [2.24, 2.45) is 5.41 Å². The smallest absolute Gasteiger partial charge is 0.330 e. The zero-order chi connectivity index (χ0) is 27.7. The normalized spacial score (nSPS) is 31.1. The number of aryl methyl sites for hydroxylation is 1. The number of nitrogens with zero attached hydrogens (tertiary/aromatic N) is 5. The van der Waals surface area contributed by atoms with Crippen LogP contribution in [-0.4, -0.2) is 85.9 Å². The molecule has 4 heterocycles. The molecule has 2 N–H and O–H groups in total. The summed E-state index contributed by atoms with van der Waals surface area (Å²) in [6.07, 6.45) is -1.09. The van der Waals surface area contributed by atoms with Crippen LogP contribution in [0.4, 0.5) is 19.3 Å². The highest BCUT2D eigenvalue weighted by molar-refractivity contribution is 7.14. The van der Waals surface area contributed by atoms with Crippen LogP contribution in [0.15, 0.2) is 18.7 Å². The number of amides is 3. The van der Waals surface area contributed by atoms with Crippen molar-refractivity contribution in [3.05, 3.63) is 40.9 Å². The first-order chi connectivity index (χ1) is 17.9. The first kappa shape index (κ1) is 26.6. The number of fused-ring (bicyclic) bond motifs is 4. The number of morpholine rings is 1. The topological polar surface area (TPSA) is 119 Å². The summed E-state index contributed by atoms with van der Waals surface area (Å²) in [7, 11) is 0. The average Bonchev–Trinajstić information content (AvgIpc) is 3.31. The number of aliphatic hydroxyl groups excluding tert-OH is 2. The second kappa shape index (κ2) is 9.04. The lowest BCUT2D eigenvalue weighted by Gasteiger charge is -2.63.